The van der Waals surface area contributed by atoms with E-state index < -0.39 is 6.10 Å². The van der Waals surface area contributed by atoms with E-state index in [0.29, 0.717) is 19.0 Å². The quantitative estimate of drug-likeness (QED) is 0.779. The number of oxazole rings is 1. The van der Waals surface area contributed by atoms with Crippen molar-refractivity contribution in [1.29, 1.82) is 0 Å². The van der Waals surface area contributed by atoms with Gasteiger partial charge in [0.05, 0.1) is 12.6 Å². The summed E-state index contributed by atoms with van der Waals surface area (Å²) >= 11 is 0. The average Bonchev–Trinajstić information content (AvgIpc) is 3.24. The van der Waals surface area contributed by atoms with Crippen LogP contribution in [-0.4, -0.2) is 50.5 Å². The zero-order chi connectivity index (χ0) is 16.4. The lowest BCUT2D eigenvalue weighted by molar-refractivity contribution is 0.0806. The van der Waals surface area contributed by atoms with Gasteiger partial charge in [0, 0.05) is 24.9 Å². The molecule has 1 aliphatic heterocycles. The van der Waals surface area contributed by atoms with Crippen molar-refractivity contribution in [1.82, 2.24) is 19.7 Å². The molecule has 1 aromatic carbocycles. The second kappa shape index (κ2) is 6.75. The maximum absolute atomic E-state index is 10.2. The smallest absolute Gasteiger partial charge is 0.198 e. The molecule has 3 aromatic rings. The van der Waals surface area contributed by atoms with Gasteiger partial charge in [-0.2, -0.15) is 5.10 Å². The van der Waals surface area contributed by atoms with Gasteiger partial charge in [0.15, 0.2) is 11.5 Å². The molecule has 1 unspecified atom stereocenters. The number of benzene rings is 1. The summed E-state index contributed by atoms with van der Waals surface area (Å²) in [5, 5.41) is 14.4. The molecule has 3 heterocycles. The van der Waals surface area contributed by atoms with Crippen LogP contribution in [-0.2, 0) is 6.54 Å². The summed E-state index contributed by atoms with van der Waals surface area (Å²) < 4.78 is 7.68. The Morgan fingerprint density at radius 3 is 2.75 bits per heavy atom. The topological polar surface area (TPSA) is 67.3 Å². The summed E-state index contributed by atoms with van der Waals surface area (Å²) in [7, 11) is 0. The largest absolute Gasteiger partial charge is 0.440 e. The first-order chi connectivity index (χ1) is 11.8. The van der Waals surface area contributed by atoms with Crippen molar-refractivity contribution in [3.05, 3.63) is 48.6 Å². The third-order valence-electron chi connectivity index (χ3n) is 4.67. The number of fused-ring (bicyclic) bond motifs is 1. The molecule has 1 fully saturated rings. The molecule has 4 rings (SSSR count). The van der Waals surface area contributed by atoms with Gasteiger partial charge in [0.2, 0.25) is 0 Å². The molecule has 1 saturated heterocycles. The van der Waals surface area contributed by atoms with Crippen LogP contribution >= 0.6 is 0 Å². The fourth-order valence-electron chi connectivity index (χ4n) is 3.41. The zero-order valence-corrected chi connectivity index (χ0v) is 13.6. The number of rotatable bonds is 5. The van der Waals surface area contributed by atoms with Crippen molar-refractivity contribution in [2.45, 2.75) is 31.4 Å². The summed E-state index contributed by atoms with van der Waals surface area (Å²) in [6, 6.07) is 9.79. The van der Waals surface area contributed by atoms with Gasteiger partial charge in [0.25, 0.3) is 0 Å². The molecule has 126 valence electrons. The summed E-state index contributed by atoms with van der Waals surface area (Å²) in [4.78, 5) is 6.94. The Kier molecular flexibility index (Phi) is 4.32. The standard InChI is InChI=1S/C18H22N4O2/c23-15(13-22-9-3-8-19-22)12-21-10-6-14(7-11-21)18-20-16-4-1-2-5-17(16)24-18/h1-5,8-9,14-15,23H,6-7,10-13H2. The molecule has 0 aliphatic carbocycles. The normalized spacial score (nSPS) is 18.2. The van der Waals surface area contributed by atoms with E-state index in [1.165, 1.54) is 0 Å². The minimum atomic E-state index is -0.397. The minimum absolute atomic E-state index is 0.372. The van der Waals surface area contributed by atoms with Crippen LogP contribution in [0.2, 0.25) is 0 Å². The van der Waals surface area contributed by atoms with Gasteiger partial charge in [-0.1, -0.05) is 12.1 Å². The number of aliphatic hydroxyl groups excluding tert-OH is 1. The molecule has 24 heavy (non-hydrogen) atoms. The van der Waals surface area contributed by atoms with Crippen LogP contribution in [0.3, 0.4) is 0 Å². The number of aliphatic hydroxyl groups is 1. The van der Waals surface area contributed by atoms with E-state index in [9.17, 15) is 5.11 Å². The third kappa shape index (κ3) is 3.34. The first-order valence-corrected chi connectivity index (χ1v) is 8.51. The molecule has 6 heteroatoms. The maximum atomic E-state index is 10.2. The first kappa shape index (κ1) is 15.4. The summed E-state index contributed by atoms with van der Waals surface area (Å²) in [6.07, 6.45) is 5.25. The van der Waals surface area contributed by atoms with Crippen LogP contribution in [0.25, 0.3) is 11.1 Å². The number of aromatic nitrogens is 3. The Balaban J connectivity index is 1.31. The average molecular weight is 326 g/mol. The van der Waals surface area contributed by atoms with Gasteiger partial charge in [0.1, 0.15) is 5.52 Å². The fourth-order valence-corrected chi connectivity index (χ4v) is 3.41. The Hall–Kier alpha value is -2.18. The van der Waals surface area contributed by atoms with E-state index in [1.54, 1.807) is 10.9 Å². The van der Waals surface area contributed by atoms with E-state index in [0.717, 1.165) is 42.9 Å². The number of nitrogens with zero attached hydrogens (tertiary/aromatic N) is 4. The van der Waals surface area contributed by atoms with Crippen molar-refractivity contribution in [2.24, 2.45) is 0 Å². The highest BCUT2D eigenvalue weighted by atomic mass is 16.3. The monoisotopic (exact) mass is 326 g/mol. The highest BCUT2D eigenvalue weighted by molar-refractivity contribution is 5.72. The molecule has 1 aliphatic rings. The van der Waals surface area contributed by atoms with Gasteiger partial charge in [-0.15, -0.1) is 0 Å². The highest BCUT2D eigenvalue weighted by Crippen LogP contribution is 2.29. The third-order valence-corrected chi connectivity index (χ3v) is 4.67. The molecule has 6 nitrogen and oxygen atoms in total. The van der Waals surface area contributed by atoms with Crippen LogP contribution in [0, 0.1) is 0 Å². The SMILES string of the molecule is OC(CN1CCC(c2nc3ccccc3o2)CC1)Cn1cccn1. The fraction of sp³-hybridized carbons (Fsp3) is 0.444. The van der Waals surface area contributed by atoms with Crippen LogP contribution < -0.4 is 0 Å². The number of hydrogen-bond donors (Lipinski definition) is 1. The number of likely N-dealkylation sites (tertiary alicyclic amines) is 1. The van der Waals surface area contributed by atoms with E-state index in [-0.39, 0.29) is 0 Å². The van der Waals surface area contributed by atoms with Crippen molar-refractivity contribution in [3.8, 4) is 0 Å². The van der Waals surface area contributed by atoms with Crippen LogP contribution in [0.1, 0.15) is 24.7 Å². The number of hydrogen-bond acceptors (Lipinski definition) is 5. The summed E-state index contributed by atoms with van der Waals surface area (Å²) in [5.41, 5.74) is 1.80. The second-order valence-electron chi connectivity index (χ2n) is 6.48. The van der Waals surface area contributed by atoms with Crippen molar-refractivity contribution < 1.29 is 9.52 Å². The molecular formula is C18H22N4O2. The van der Waals surface area contributed by atoms with Gasteiger partial charge in [-0.3, -0.25) is 4.68 Å². The van der Waals surface area contributed by atoms with Gasteiger partial charge < -0.3 is 14.4 Å². The molecule has 0 spiro atoms. The Bertz CT molecular complexity index is 742. The maximum Gasteiger partial charge on any atom is 0.198 e. The van der Waals surface area contributed by atoms with Crippen molar-refractivity contribution >= 4 is 11.1 Å². The highest BCUT2D eigenvalue weighted by Gasteiger charge is 2.25. The van der Waals surface area contributed by atoms with Gasteiger partial charge in [-0.25, -0.2) is 4.98 Å². The summed E-state index contributed by atoms with van der Waals surface area (Å²) in [6.45, 7) is 3.14. The Morgan fingerprint density at radius 1 is 1.17 bits per heavy atom. The van der Waals surface area contributed by atoms with E-state index >= 15 is 0 Å². The zero-order valence-electron chi connectivity index (χ0n) is 13.6. The molecule has 0 bridgehead atoms. The lowest BCUT2D eigenvalue weighted by atomic mass is 9.96. The molecular weight excluding hydrogens is 304 g/mol. The van der Waals surface area contributed by atoms with E-state index in [4.69, 9.17) is 4.42 Å². The molecule has 1 N–H and O–H groups in total. The van der Waals surface area contributed by atoms with Gasteiger partial charge in [-0.05, 0) is 44.1 Å². The number of piperidine rings is 1. The second-order valence-corrected chi connectivity index (χ2v) is 6.48. The summed E-state index contributed by atoms with van der Waals surface area (Å²) in [5.74, 6) is 1.23. The predicted octanol–water partition coefficient (Wildman–Crippen LogP) is 2.26. The minimum Gasteiger partial charge on any atom is -0.440 e. The predicted molar refractivity (Wildman–Crippen MR) is 90.7 cm³/mol. The molecule has 2 aromatic heterocycles. The number of para-hydroxylation sites is 2. The first-order valence-electron chi connectivity index (χ1n) is 8.51. The Labute approximate surface area is 140 Å². The lowest BCUT2D eigenvalue weighted by Gasteiger charge is -2.31. The van der Waals surface area contributed by atoms with E-state index in [1.807, 2.05) is 36.5 Å². The van der Waals surface area contributed by atoms with Gasteiger partial charge >= 0.3 is 0 Å². The van der Waals surface area contributed by atoms with Crippen LogP contribution in [0.4, 0.5) is 0 Å². The van der Waals surface area contributed by atoms with E-state index in [2.05, 4.69) is 15.0 Å². The van der Waals surface area contributed by atoms with Crippen molar-refractivity contribution in [2.75, 3.05) is 19.6 Å². The number of β-amino-alcohol motifs (C(OH)–C–C–N with tert-alkyl or cyclic N) is 1. The molecule has 0 radical (unpaired) electrons. The van der Waals surface area contributed by atoms with Crippen molar-refractivity contribution in [3.63, 3.8) is 0 Å². The molecule has 0 saturated carbocycles. The Morgan fingerprint density at radius 2 is 2.00 bits per heavy atom. The lowest BCUT2D eigenvalue weighted by Crippen LogP contribution is -2.39. The van der Waals surface area contributed by atoms with Crippen LogP contribution in [0.15, 0.2) is 47.1 Å². The molecule has 0 amide bonds. The van der Waals surface area contributed by atoms with Crippen LogP contribution in [0.5, 0.6) is 0 Å². The molecule has 1 atom stereocenters.